The Kier molecular flexibility index (Phi) is 4.95. The fourth-order valence-electron chi connectivity index (χ4n) is 3.41. The van der Waals surface area contributed by atoms with E-state index < -0.39 is 0 Å². The highest BCUT2D eigenvalue weighted by atomic mass is 16.6. The molecule has 1 saturated carbocycles. The van der Waals surface area contributed by atoms with Crippen LogP contribution in [0.1, 0.15) is 36.9 Å². The van der Waals surface area contributed by atoms with Crippen molar-refractivity contribution in [1.82, 2.24) is 9.88 Å². The van der Waals surface area contributed by atoms with Gasteiger partial charge in [-0.05, 0) is 30.5 Å². The average Bonchev–Trinajstić information content (AvgIpc) is 3.10. The Bertz CT molecular complexity index is 772. The van der Waals surface area contributed by atoms with Crippen molar-refractivity contribution in [3.63, 3.8) is 0 Å². The first-order chi connectivity index (χ1) is 12.8. The van der Waals surface area contributed by atoms with Crippen molar-refractivity contribution in [3.05, 3.63) is 66.0 Å². The molecule has 1 atom stereocenters. The Morgan fingerprint density at radius 2 is 1.92 bits per heavy atom. The molecule has 26 heavy (non-hydrogen) atoms. The molecule has 0 N–H and O–H groups in total. The van der Waals surface area contributed by atoms with E-state index in [1.165, 1.54) is 0 Å². The molecule has 2 aromatic rings. The summed E-state index contributed by atoms with van der Waals surface area (Å²) in [6.45, 7) is 1.18. The second kappa shape index (κ2) is 7.68. The highest BCUT2D eigenvalue weighted by molar-refractivity contribution is 5.99. The Morgan fingerprint density at radius 1 is 1.12 bits per heavy atom. The first-order valence-electron chi connectivity index (χ1n) is 9.26. The van der Waals surface area contributed by atoms with Crippen LogP contribution >= 0.6 is 0 Å². The molecule has 1 fully saturated rings. The van der Waals surface area contributed by atoms with Gasteiger partial charge in [0.05, 0.1) is 12.2 Å². The molecule has 0 bridgehead atoms. The van der Waals surface area contributed by atoms with Crippen LogP contribution in [0.3, 0.4) is 0 Å². The van der Waals surface area contributed by atoms with E-state index in [1.807, 2.05) is 41.3 Å². The van der Waals surface area contributed by atoms with Gasteiger partial charge >= 0.3 is 0 Å². The largest absolute Gasteiger partial charge is 0.390 e. The van der Waals surface area contributed by atoms with E-state index in [1.54, 1.807) is 6.20 Å². The lowest BCUT2D eigenvalue weighted by Crippen LogP contribution is -2.42. The minimum Gasteiger partial charge on any atom is -0.390 e. The van der Waals surface area contributed by atoms with E-state index in [2.05, 4.69) is 22.3 Å². The third-order valence-corrected chi connectivity index (χ3v) is 5.10. The predicted molar refractivity (Wildman–Crippen MR) is 99.5 cm³/mol. The maximum absolute atomic E-state index is 12.9. The van der Waals surface area contributed by atoms with E-state index >= 15 is 0 Å². The smallest absolute Gasteiger partial charge is 0.226 e. The molecule has 1 unspecified atom stereocenters. The molecule has 134 valence electrons. The van der Waals surface area contributed by atoms with E-state index in [-0.39, 0.29) is 17.9 Å². The molecule has 1 aromatic carbocycles. The van der Waals surface area contributed by atoms with Crippen molar-refractivity contribution in [2.45, 2.75) is 38.3 Å². The van der Waals surface area contributed by atoms with Crippen LogP contribution in [-0.2, 0) is 16.2 Å². The number of hydrogen-bond donors (Lipinski definition) is 0. The van der Waals surface area contributed by atoms with E-state index in [9.17, 15) is 4.79 Å². The number of nitrogens with zero attached hydrogens (tertiary/aromatic N) is 3. The van der Waals surface area contributed by atoms with Gasteiger partial charge in [-0.3, -0.25) is 9.78 Å². The Labute approximate surface area is 153 Å². The van der Waals surface area contributed by atoms with Crippen LogP contribution in [0.25, 0.3) is 0 Å². The second-order valence-electron chi connectivity index (χ2n) is 7.02. The van der Waals surface area contributed by atoms with Gasteiger partial charge < -0.3 is 9.74 Å². The van der Waals surface area contributed by atoms with Crippen LogP contribution in [0.5, 0.6) is 0 Å². The predicted octanol–water partition coefficient (Wildman–Crippen LogP) is 3.40. The van der Waals surface area contributed by atoms with Crippen LogP contribution in [0.15, 0.2) is 59.9 Å². The zero-order chi connectivity index (χ0) is 17.8. The molecule has 2 aliphatic rings. The average molecular weight is 349 g/mol. The molecule has 0 radical (unpaired) electrons. The monoisotopic (exact) mass is 349 g/mol. The van der Waals surface area contributed by atoms with Crippen molar-refractivity contribution in [3.8, 4) is 0 Å². The first kappa shape index (κ1) is 16.8. The minimum absolute atomic E-state index is 0.111. The molecule has 5 nitrogen and oxygen atoms in total. The summed E-state index contributed by atoms with van der Waals surface area (Å²) in [5.41, 5.74) is 2.84. The van der Waals surface area contributed by atoms with Crippen LogP contribution in [0, 0.1) is 5.92 Å². The van der Waals surface area contributed by atoms with Crippen molar-refractivity contribution >= 4 is 11.6 Å². The molecule has 1 aliphatic heterocycles. The normalized spacial score (nSPS) is 19.4. The molecule has 1 aromatic heterocycles. The maximum atomic E-state index is 12.9. The van der Waals surface area contributed by atoms with Crippen molar-refractivity contribution in [2.75, 3.05) is 6.54 Å². The highest BCUT2D eigenvalue weighted by Crippen LogP contribution is 2.29. The third-order valence-electron chi connectivity index (χ3n) is 5.10. The van der Waals surface area contributed by atoms with Crippen LogP contribution < -0.4 is 0 Å². The van der Waals surface area contributed by atoms with Crippen molar-refractivity contribution < 1.29 is 9.63 Å². The quantitative estimate of drug-likeness (QED) is 0.803. The molecule has 5 heteroatoms. The number of aromatic nitrogens is 1. The Hall–Kier alpha value is -2.69. The standard InChI is InChI=1S/C21H23N3O2/c25-21(17-9-6-10-17)24(14-16-7-2-1-3-8-16)15-18-13-20(23-26-18)19-11-4-5-12-22-19/h1-5,7-8,11-12,17-18H,6,9-10,13-15H2. The third kappa shape index (κ3) is 3.77. The van der Waals surface area contributed by atoms with E-state index in [0.29, 0.717) is 19.5 Å². The zero-order valence-electron chi connectivity index (χ0n) is 14.8. The van der Waals surface area contributed by atoms with Gasteiger partial charge in [-0.15, -0.1) is 0 Å². The number of oxime groups is 1. The number of carbonyl (C=O) groups is 1. The number of hydrogen-bond acceptors (Lipinski definition) is 4. The SMILES string of the molecule is O=C(C1CCC1)N(Cc1ccccc1)CC1CC(c2ccccn2)=NO1. The maximum Gasteiger partial charge on any atom is 0.226 e. The lowest BCUT2D eigenvalue weighted by atomic mass is 9.84. The molecule has 0 spiro atoms. The molecular formula is C21H23N3O2. The van der Waals surface area contributed by atoms with Gasteiger partial charge in [0.15, 0.2) is 6.10 Å². The number of rotatable bonds is 6. The van der Waals surface area contributed by atoms with Crippen LogP contribution in [0.4, 0.5) is 0 Å². The van der Waals surface area contributed by atoms with Gasteiger partial charge in [-0.2, -0.15) is 0 Å². The summed E-state index contributed by atoms with van der Waals surface area (Å²) < 4.78 is 0. The molecule has 2 heterocycles. The summed E-state index contributed by atoms with van der Waals surface area (Å²) in [6.07, 6.45) is 5.49. The second-order valence-corrected chi connectivity index (χ2v) is 7.02. The number of amides is 1. The summed E-state index contributed by atoms with van der Waals surface area (Å²) in [4.78, 5) is 24.8. The molecule has 1 amide bonds. The molecule has 1 aliphatic carbocycles. The van der Waals surface area contributed by atoms with Gasteiger partial charge in [0, 0.05) is 25.1 Å². The van der Waals surface area contributed by atoms with E-state index in [0.717, 1.165) is 36.2 Å². The summed E-state index contributed by atoms with van der Waals surface area (Å²) in [7, 11) is 0. The highest BCUT2D eigenvalue weighted by Gasteiger charge is 2.33. The summed E-state index contributed by atoms with van der Waals surface area (Å²) in [6, 6.07) is 15.9. The van der Waals surface area contributed by atoms with Gasteiger partial charge in [-0.25, -0.2) is 0 Å². The van der Waals surface area contributed by atoms with Crippen LogP contribution in [0.2, 0.25) is 0 Å². The lowest BCUT2D eigenvalue weighted by molar-refractivity contribution is -0.140. The Balaban J connectivity index is 1.42. The fourth-order valence-corrected chi connectivity index (χ4v) is 3.41. The van der Waals surface area contributed by atoms with Gasteiger partial charge in [0.2, 0.25) is 5.91 Å². The molecule has 4 rings (SSSR count). The summed E-state index contributed by atoms with van der Waals surface area (Å²) in [5.74, 6) is 0.422. The summed E-state index contributed by atoms with van der Waals surface area (Å²) in [5, 5.41) is 4.20. The first-order valence-corrected chi connectivity index (χ1v) is 9.26. The topological polar surface area (TPSA) is 54.8 Å². The zero-order valence-corrected chi connectivity index (χ0v) is 14.8. The lowest BCUT2D eigenvalue weighted by Gasteiger charge is -2.32. The fraction of sp³-hybridized carbons (Fsp3) is 0.381. The van der Waals surface area contributed by atoms with Gasteiger partial charge in [0.25, 0.3) is 0 Å². The van der Waals surface area contributed by atoms with Crippen molar-refractivity contribution in [1.29, 1.82) is 0 Å². The number of pyridine rings is 1. The Morgan fingerprint density at radius 3 is 2.62 bits per heavy atom. The summed E-state index contributed by atoms with van der Waals surface area (Å²) >= 11 is 0. The van der Waals surface area contributed by atoms with Gasteiger partial charge in [0.1, 0.15) is 5.71 Å². The minimum atomic E-state index is -0.111. The van der Waals surface area contributed by atoms with Crippen molar-refractivity contribution in [2.24, 2.45) is 11.1 Å². The number of benzene rings is 1. The van der Waals surface area contributed by atoms with Gasteiger partial charge in [-0.1, -0.05) is 48.0 Å². The molecule has 0 saturated heterocycles. The van der Waals surface area contributed by atoms with Crippen LogP contribution in [-0.4, -0.2) is 34.2 Å². The molecular weight excluding hydrogens is 326 g/mol. The number of carbonyl (C=O) groups excluding carboxylic acids is 1. The van der Waals surface area contributed by atoms with E-state index in [4.69, 9.17) is 4.84 Å².